The van der Waals surface area contributed by atoms with Crippen molar-refractivity contribution in [3.63, 3.8) is 0 Å². The molecule has 92 valence electrons. The van der Waals surface area contributed by atoms with E-state index < -0.39 is 5.97 Å². The molecule has 0 unspecified atom stereocenters. The number of benzene rings is 1. The van der Waals surface area contributed by atoms with Crippen molar-refractivity contribution in [2.75, 3.05) is 13.7 Å². The zero-order valence-electron chi connectivity index (χ0n) is 9.50. The zero-order valence-corrected chi connectivity index (χ0v) is 11.0. The molecule has 0 fully saturated rings. The summed E-state index contributed by atoms with van der Waals surface area (Å²) in [6.07, 6.45) is 2.85. The van der Waals surface area contributed by atoms with Gasteiger partial charge in [0.25, 0.3) is 0 Å². The SMILES string of the molecule is CCOC(=O)C=Cc1ccc(OC)c(Cl)c1Cl. The third-order valence-corrected chi connectivity index (χ3v) is 2.86. The van der Waals surface area contributed by atoms with E-state index in [4.69, 9.17) is 32.7 Å². The summed E-state index contributed by atoms with van der Waals surface area (Å²) in [6.45, 7) is 2.07. The minimum Gasteiger partial charge on any atom is -0.495 e. The van der Waals surface area contributed by atoms with Gasteiger partial charge in [-0.3, -0.25) is 0 Å². The van der Waals surface area contributed by atoms with Crippen LogP contribution in [-0.4, -0.2) is 19.7 Å². The molecule has 0 aliphatic carbocycles. The second-order valence-electron chi connectivity index (χ2n) is 3.07. The van der Waals surface area contributed by atoms with Gasteiger partial charge in [0.15, 0.2) is 0 Å². The van der Waals surface area contributed by atoms with E-state index in [0.29, 0.717) is 28.0 Å². The summed E-state index contributed by atoms with van der Waals surface area (Å²) in [7, 11) is 1.51. The molecule has 3 nitrogen and oxygen atoms in total. The lowest BCUT2D eigenvalue weighted by Gasteiger charge is -2.06. The fourth-order valence-electron chi connectivity index (χ4n) is 1.18. The quantitative estimate of drug-likeness (QED) is 0.622. The number of hydrogen-bond donors (Lipinski definition) is 0. The van der Waals surface area contributed by atoms with E-state index >= 15 is 0 Å². The summed E-state index contributed by atoms with van der Waals surface area (Å²) >= 11 is 12.0. The summed E-state index contributed by atoms with van der Waals surface area (Å²) < 4.78 is 9.76. The highest BCUT2D eigenvalue weighted by Crippen LogP contribution is 2.34. The summed E-state index contributed by atoms with van der Waals surface area (Å²) in [5.41, 5.74) is 0.630. The molecule has 1 aromatic carbocycles. The number of carbonyl (C=O) groups excluding carboxylic acids is 1. The molecule has 0 aliphatic heterocycles. The fraction of sp³-hybridized carbons (Fsp3) is 0.250. The number of methoxy groups -OCH3 is 1. The first-order valence-electron chi connectivity index (χ1n) is 4.97. The first kappa shape index (κ1) is 13.9. The van der Waals surface area contributed by atoms with Crippen molar-refractivity contribution in [2.24, 2.45) is 0 Å². The van der Waals surface area contributed by atoms with Crippen molar-refractivity contribution in [3.05, 3.63) is 33.8 Å². The van der Waals surface area contributed by atoms with Crippen LogP contribution >= 0.6 is 23.2 Å². The summed E-state index contributed by atoms with van der Waals surface area (Å²) in [6, 6.07) is 3.39. The normalized spacial score (nSPS) is 10.6. The number of esters is 1. The van der Waals surface area contributed by atoms with Gasteiger partial charge in [-0.15, -0.1) is 0 Å². The molecular weight excluding hydrogens is 263 g/mol. The van der Waals surface area contributed by atoms with E-state index in [1.807, 2.05) is 0 Å². The highest BCUT2D eigenvalue weighted by molar-refractivity contribution is 6.43. The number of rotatable bonds is 4. The van der Waals surface area contributed by atoms with Gasteiger partial charge in [0, 0.05) is 6.08 Å². The lowest BCUT2D eigenvalue weighted by Crippen LogP contribution is -1.98. The Morgan fingerprint density at radius 2 is 2.06 bits per heavy atom. The van der Waals surface area contributed by atoms with Crippen LogP contribution in [0, 0.1) is 0 Å². The maximum atomic E-state index is 11.1. The molecule has 1 aromatic rings. The Bertz CT molecular complexity index is 442. The Hall–Kier alpha value is -1.19. The fourth-order valence-corrected chi connectivity index (χ4v) is 1.65. The third-order valence-electron chi connectivity index (χ3n) is 1.98. The predicted octanol–water partition coefficient (Wildman–Crippen LogP) is 3.58. The molecule has 0 bridgehead atoms. The van der Waals surface area contributed by atoms with Crippen LogP contribution in [0.4, 0.5) is 0 Å². The van der Waals surface area contributed by atoms with Gasteiger partial charge < -0.3 is 9.47 Å². The van der Waals surface area contributed by atoms with E-state index in [-0.39, 0.29) is 0 Å². The number of halogens is 2. The summed E-state index contributed by atoms with van der Waals surface area (Å²) in [4.78, 5) is 11.1. The maximum Gasteiger partial charge on any atom is 0.330 e. The van der Waals surface area contributed by atoms with Crippen molar-refractivity contribution in [2.45, 2.75) is 6.92 Å². The van der Waals surface area contributed by atoms with Crippen LogP contribution in [0.25, 0.3) is 6.08 Å². The van der Waals surface area contributed by atoms with Crippen LogP contribution in [0.15, 0.2) is 18.2 Å². The molecule has 5 heteroatoms. The largest absolute Gasteiger partial charge is 0.495 e. The Labute approximate surface area is 110 Å². The maximum absolute atomic E-state index is 11.1. The Morgan fingerprint density at radius 1 is 1.35 bits per heavy atom. The molecule has 1 rings (SSSR count). The summed E-state index contributed by atoms with van der Waals surface area (Å²) in [5.74, 6) is 0.0699. The van der Waals surface area contributed by atoms with Crippen LogP contribution < -0.4 is 4.74 Å². The smallest absolute Gasteiger partial charge is 0.330 e. The molecule has 0 amide bonds. The molecule has 0 spiro atoms. The third kappa shape index (κ3) is 3.65. The van der Waals surface area contributed by atoms with Gasteiger partial charge >= 0.3 is 5.97 Å². The number of ether oxygens (including phenoxy) is 2. The van der Waals surface area contributed by atoms with Crippen LogP contribution in [-0.2, 0) is 9.53 Å². The molecule has 0 N–H and O–H groups in total. The van der Waals surface area contributed by atoms with Crippen LogP contribution in [0.5, 0.6) is 5.75 Å². The Kier molecular flexibility index (Phi) is 5.32. The van der Waals surface area contributed by atoms with Gasteiger partial charge in [-0.05, 0) is 30.7 Å². The molecule has 0 saturated heterocycles. The first-order chi connectivity index (χ1) is 8.10. The van der Waals surface area contributed by atoms with Gasteiger partial charge in [-0.2, -0.15) is 0 Å². The van der Waals surface area contributed by atoms with Gasteiger partial charge in [0.2, 0.25) is 0 Å². The second kappa shape index (κ2) is 6.52. The Morgan fingerprint density at radius 3 is 2.65 bits per heavy atom. The van der Waals surface area contributed by atoms with Gasteiger partial charge in [-0.25, -0.2) is 4.79 Å². The highest BCUT2D eigenvalue weighted by atomic mass is 35.5. The van der Waals surface area contributed by atoms with E-state index in [1.54, 1.807) is 25.1 Å². The zero-order chi connectivity index (χ0) is 12.8. The first-order valence-corrected chi connectivity index (χ1v) is 5.72. The minimum atomic E-state index is -0.421. The topological polar surface area (TPSA) is 35.5 Å². The molecule has 0 radical (unpaired) electrons. The van der Waals surface area contributed by atoms with E-state index in [1.165, 1.54) is 13.2 Å². The highest BCUT2D eigenvalue weighted by Gasteiger charge is 2.08. The van der Waals surface area contributed by atoms with Gasteiger partial charge in [-0.1, -0.05) is 23.2 Å². The van der Waals surface area contributed by atoms with Crippen molar-refractivity contribution in [1.82, 2.24) is 0 Å². The van der Waals surface area contributed by atoms with Crippen LogP contribution in [0.3, 0.4) is 0 Å². The summed E-state index contributed by atoms with van der Waals surface area (Å²) in [5, 5.41) is 0.659. The molecular formula is C12H12Cl2O3. The van der Waals surface area contributed by atoms with Crippen molar-refractivity contribution in [1.29, 1.82) is 0 Å². The van der Waals surface area contributed by atoms with E-state index in [9.17, 15) is 4.79 Å². The van der Waals surface area contributed by atoms with Crippen molar-refractivity contribution < 1.29 is 14.3 Å². The Balaban J connectivity index is 2.93. The molecule has 0 aliphatic rings. The van der Waals surface area contributed by atoms with Crippen LogP contribution in [0.2, 0.25) is 10.0 Å². The standard InChI is InChI=1S/C12H12Cl2O3/c1-3-17-10(15)7-5-8-4-6-9(16-2)12(14)11(8)13/h4-7H,3H2,1-2H3. The lowest BCUT2D eigenvalue weighted by molar-refractivity contribution is -0.137. The van der Waals surface area contributed by atoms with E-state index in [0.717, 1.165) is 0 Å². The molecule has 0 aromatic heterocycles. The monoisotopic (exact) mass is 274 g/mol. The van der Waals surface area contributed by atoms with Gasteiger partial charge in [0.05, 0.1) is 18.7 Å². The van der Waals surface area contributed by atoms with E-state index in [2.05, 4.69) is 0 Å². The predicted molar refractivity (Wildman–Crippen MR) is 68.7 cm³/mol. The van der Waals surface area contributed by atoms with Crippen LogP contribution in [0.1, 0.15) is 12.5 Å². The molecule has 0 atom stereocenters. The van der Waals surface area contributed by atoms with Crippen molar-refractivity contribution in [3.8, 4) is 5.75 Å². The molecule has 0 saturated carbocycles. The number of hydrogen-bond acceptors (Lipinski definition) is 3. The average molecular weight is 275 g/mol. The minimum absolute atomic E-state index is 0.320. The molecule has 0 heterocycles. The second-order valence-corrected chi connectivity index (χ2v) is 3.83. The van der Waals surface area contributed by atoms with Crippen molar-refractivity contribution >= 4 is 35.2 Å². The number of carbonyl (C=O) groups is 1. The average Bonchev–Trinajstić information content (AvgIpc) is 2.31. The molecule has 17 heavy (non-hydrogen) atoms. The lowest BCUT2D eigenvalue weighted by atomic mass is 10.2. The van der Waals surface area contributed by atoms with Gasteiger partial charge in [0.1, 0.15) is 10.8 Å².